The molecule has 0 radical (unpaired) electrons. The molecule has 2 aliphatic heterocycles. The molecule has 6 nitrogen and oxygen atoms in total. The molecule has 122 valence electrons. The molecule has 0 spiro atoms. The molecule has 3 rings (SSSR count). The molecule has 23 heavy (non-hydrogen) atoms. The Kier molecular flexibility index (Phi) is 4.07. The molecule has 2 saturated heterocycles. The third-order valence-electron chi connectivity index (χ3n) is 4.38. The smallest absolute Gasteiger partial charge is 0.411 e. The lowest BCUT2D eigenvalue weighted by molar-refractivity contribution is -0.136. The molecule has 3 amide bonds. The lowest BCUT2D eigenvalue weighted by atomic mass is 9.98. The predicted octanol–water partition coefficient (Wildman–Crippen LogP) is 2.11. The van der Waals surface area contributed by atoms with E-state index in [2.05, 4.69) is 19.2 Å². The largest absolute Gasteiger partial charge is 0.439 e. The summed E-state index contributed by atoms with van der Waals surface area (Å²) in [5, 5.41) is 2.28. The maximum absolute atomic E-state index is 12.1. The van der Waals surface area contributed by atoms with Crippen molar-refractivity contribution in [3.05, 3.63) is 35.4 Å². The number of hydrogen-bond acceptors (Lipinski definition) is 4. The first-order chi connectivity index (χ1) is 11.0. The van der Waals surface area contributed by atoms with E-state index in [9.17, 15) is 14.4 Å². The van der Waals surface area contributed by atoms with Gasteiger partial charge in [-0.15, -0.1) is 0 Å². The summed E-state index contributed by atoms with van der Waals surface area (Å²) in [6.45, 7) is 4.54. The van der Waals surface area contributed by atoms with Crippen LogP contribution in [0.15, 0.2) is 24.3 Å². The van der Waals surface area contributed by atoms with Crippen LogP contribution in [0, 0.1) is 0 Å². The number of nitrogens with zero attached hydrogens (tertiary/aromatic N) is 1. The molecule has 1 unspecified atom stereocenters. The van der Waals surface area contributed by atoms with Crippen LogP contribution in [0.3, 0.4) is 0 Å². The van der Waals surface area contributed by atoms with Crippen LogP contribution in [-0.2, 0) is 14.3 Å². The number of cyclic esters (lactones) is 1. The van der Waals surface area contributed by atoms with E-state index in [1.165, 1.54) is 10.5 Å². The SMILES string of the molecule is CC(C)c1cccc([C@@H]2CN(C3CCC(=O)NC3=O)C(=O)O2)c1. The number of carbonyl (C=O) groups is 3. The van der Waals surface area contributed by atoms with Gasteiger partial charge in [-0.3, -0.25) is 19.8 Å². The third-order valence-corrected chi connectivity index (χ3v) is 4.38. The average molecular weight is 316 g/mol. The molecular weight excluding hydrogens is 296 g/mol. The molecule has 2 fully saturated rings. The molecule has 1 aromatic rings. The molecule has 2 heterocycles. The van der Waals surface area contributed by atoms with E-state index in [0.29, 0.717) is 18.9 Å². The van der Waals surface area contributed by atoms with Crippen LogP contribution in [0.1, 0.15) is 49.8 Å². The number of ether oxygens (including phenoxy) is 1. The second kappa shape index (κ2) is 6.02. The molecular formula is C17H20N2O4. The van der Waals surface area contributed by atoms with Crippen LogP contribution in [-0.4, -0.2) is 35.4 Å². The summed E-state index contributed by atoms with van der Waals surface area (Å²) in [5.74, 6) is -0.326. The summed E-state index contributed by atoms with van der Waals surface area (Å²) >= 11 is 0. The predicted molar refractivity (Wildman–Crippen MR) is 82.6 cm³/mol. The van der Waals surface area contributed by atoms with Gasteiger partial charge in [0.2, 0.25) is 11.8 Å². The topological polar surface area (TPSA) is 75.7 Å². The Bertz CT molecular complexity index is 656. The number of carbonyl (C=O) groups excluding carboxylic acids is 3. The van der Waals surface area contributed by atoms with Gasteiger partial charge in [-0.05, 0) is 23.5 Å². The molecule has 2 aliphatic rings. The average Bonchev–Trinajstić information content (AvgIpc) is 2.89. The molecule has 0 aliphatic carbocycles. The third kappa shape index (κ3) is 3.06. The van der Waals surface area contributed by atoms with Crippen molar-refractivity contribution in [1.29, 1.82) is 0 Å². The van der Waals surface area contributed by atoms with Gasteiger partial charge < -0.3 is 4.74 Å². The van der Waals surface area contributed by atoms with Crippen LogP contribution >= 0.6 is 0 Å². The van der Waals surface area contributed by atoms with Gasteiger partial charge in [-0.2, -0.15) is 0 Å². The number of rotatable bonds is 3. The molecule has 1 aromatic carbocycles. The van der Waals surface area contributed by atoms with Gasteiger partial charge in [0.1, 0.15) is 12.1 Å². The van der Waals surface area contributed by atoms with Crippen molar-refractivity contribution >= 4 is 17.9 Å². The van der Waals surface area contributed by atoms with E-state index in [1.54, 1.807) is 0 Å². The van der Waals surface area contributed by atoms with Crippen molar-refractivity contribution in [2.75, 3.05) is 6.54 Å². The second-order valence-corrected chi connectivity index (χ2v) is 6.32. The van der Waals surface area contributed by atoms with Gasteiger partial charge >= 0.3 is 6.09 Å². The van der Waals surface area contributed by atoms with Crippen molar-refractivity contribution in [3.8, 4) is 0 Å². The summed E-state index contributed by atoms with van der Waals surface area (Å²) in [6.07, 6.45) is -0.294. The zero-order valence-corrected chi connectivity index (χ0v) is 13.2. The Morgan fingerprint density at radius 1 is 1.26 bits per heavy atom. The summed E-state index contributed by atoms with van der Waals surface area (Å²) < 4.78 is 5.45. The maximum atomic E-state index is 12.1. The minimum atomic E-state index is -0.626. The minimum absolute atomic E-state index is 0.244. The van der Waals surface area contributed by atoms with Gasteiger partial charge in [0.05, 0.1) is 6.54 Å². The fourth-order valence-corrected chi connectivity index (χ4v) is 3.01. The van der Waals surface area contributed by atoms with Gasteiger partial charge in [0.15, 0.2) is 0 Å². The van der Waals surface area contributed by atoms with Gasteiger partial charge in [-0.1, -0.05) is 38.1 Å². The molecule has 0 bridgehead atoms. The number of benzene rings is 1. The molecule has 0 aromatic heterocycles. The monoisotopic (exact) mass is 316 g/mol. The number of nitrogens with one attached hydrogen (secondary N) is 1. The number of imide groups is 1. The highest BCUT2D eigenvalue weighted by molar-refractivity contribution is 6.01. The summed E-state index contributed by atoms with van der Waals surface area (Å²) in [4.78, 5) is 36.7. The van der Waals surface area contributed by atoms with Crippen LogP contribution in [0.5, 0.6) is 0 Å². The number of hydrogen-bond donors (Lipinski definition) is 1. The van der Waals surface area contributed by atoms with Gasteiger partial charge in [-0.25, -0.2) is 4.79 Å². The van der Waals surface area contributed by atoms with E-state index >= 15 is 0 Å². The highest BCUT2D eigenvalue weighted by Gasteiger charge is 2.41. The molecule has 6 heteroatoms. The van der Waals surface area contributed by atoms with E-state index < -0.39 is 18.0 Å². The lowest BCUT2D eigenvalue weighted by Crippen LogP contribution is -2.52. The Labute approximate surface area is 134 Å². The zero-order chi connectivity index (χ0) is 16.6. The standard InChI is InChI=1S/C17H20N2O4/c1-10(2)11-4-3-5-12(8-11)14-9-19(17(22)23-14)13-6-7-15(20)18-16(13)21/h3-5,8,10,13-14H,6-7,9H2,1-2H3,(H,18,20,21)/t13?,14-/m0/s1. The lowest BCUT2D eigenvalue weighted by Gasteiger charge is -2.27. The molecule has 0 saturated carbocycles. The quantitative estimate of drug-likeness (QED) is 0.867. The van der Waals surface area contributed by atoms with Crippen molar-refractivity contribution in [2.45, 2.75) is 44.8 Å². The first-order valence-corrected chi connectivity index (χ1v) is 7.86. The molecule has 2 atom stereocenters. The van der Waals surface area contributed by atoms with Crippen molar-refractivity contribution in [1.82, 2.24) is 10.2 Å². The maximum Gasteiger partial charge on any atom is 0.411 e. The first-order valence-electron chi connectivity index (χ1n) is 7.86. The summed E-state index contributed by atoms with van der Waals surface area (Å²) in [7, 11) is 0. The van der Waals surface area contributed by atoms with Crippen molar-refractivity contribution < 1.29 is 19.1 Å². The number of amides is 3. The van der Waals surface area contributed by atoms with Crippen molar-refractivity contribution in [3.63, 3.8) is 0 Å². The van der Waals surface area contributed by atoms with Gasteiger partial charge in [0, 0.05) is 6.42 Å². The Balaban J connectivity index is 1.76. The van der Waals surface area contributed by atoms with Gasteiger partial charge in [0.25, 0.3) is 0 Å². The fraction of sp³-hybridized carbons (Fsp3) is 0.471. The number of piperidine rings is 1. The molecule has 1 N–H and O–H groups in total. The highest BCUT2D eigenvalue weighted by Crippen LogP contribution is 2.30. The minimum Gasteiger partial charge on any atom is -0.439 e. The van der Waals surface area contributed by atoms with Crippen LogP contribution < -0.4 is 5.32 Å². The van der Waals surface area contributed by atoms with E-state index in [4.69, 9.17) is 4.74 Å². The first kappa shape index (κ1) is 15.5. The van der Waals surface area contributed by atoms with E-state index in [1.807, 2.05) is 24.3 Å². The van der Waals surface area contributed by atoms with Crippen LogP contribution in [0.25, 0.3) is 0 Å². The van der Waals surface area contributed by atoms with Crippen LogP contribution in [0.4, 0.5) is 4.79 Å². The Morgan fingerprint density at radius 3 is 2.74 bits per heavy atom. The fourth-order valence-electron chi connectivity index (χ4n) is 3.01. The normalized spacial score (nSPS) is 24.8. The zero-order valence-electron chi connectivity index (χ0n) is 13.2. The van der Waals surface area contributed by atoms with Crippen LogP contribution in [0.2, 0.25) is 0 Å². The van der Waals surface area contributed by atoms with E-state index in [-0.39, 0.29) is 18.4 Å². The summed E-state index contributed by atoms with van der Waals surface area (Å²) in [5.41, 5.74) is 2.11. The summed E-state index contributed by atoms with van der Waals surface area (Å²) in [6, 6.07) is 7.34. The second-order valence-electron chi connectivity index (χ2n) is 6.32. The van der Waals surface area contributed by atoms with Crippen molar-refractivity contribution in [2.24, 2.45) is 0 Å². The Hall–Kier alpha value is -2.37. The van der Waals surface area contributed by atoms with E-state index in [0.717, 1.165) is 5.56 Å². The Morgan fingerprint density at radius 2 is 2.04 bits per heavy atom. The highest BCUT2D eigenvalue weighted by atomic mass is 16.6.